The summed E-state index contributed by atoms with van der Waals surface area (Å²) in [5.41, 5.74) is 1.37. The van der Waals surface area contributed by atoms with Crippen LogP contribution in [0, 0.1) is 0 Å². The molecule has 0 fully saturated rings. The van der Waals surface area contributed by atoms with E-state index < -0.39 is 6.36 Å². The number of hydrogen-bond donors (Lipinski definition) is 1. The molecule has 1 atom stereocenters. The van der Waals surface area contributed by atoms with Gasteiger partial charge in [0.2, 0.25) is 0 Å². The maximum atomic E-state index is 12.2. The van der Waals surface area contributed by atoms with Crippen molar-refractivity contribution in [3.05, 3.63) is 59.9 Å². The Kier molecular flexibility index (Phi) is 4.24. The van der Waals surface area contributed by atoms with E-state index in [0.717, 1.165) is 5.69 Å². The average molecular weight is 282 g/mol. The Labute approximate surface area is 114 Å². The maximum Gasteiger partial charge on any atom is 0.573 e. The zero-order chi connectivity index (χ0) is 14.6. The third-order valence-electron chi connectivity index (χ3n) is 2.70. The van der Waals surface area contributed by atoms with Crippen LogP contribution < -0.4 is 10.1 Å². The number of benzene rings is 1. The molecule has 0 spiro atoms. The van der Waals surface area contributed by atoms with Gasteiger partial charge in [-0.1, -0.05) is 18.2 Å². The number of hydrogen-bond acceptors (Lipinski definition) is 3. The third-order valence-corrected chi connectivity index (χ3v) is 2.70. The summed E-state index contributed by atoms with van der Waals surface area (Å²) in [6.45, 7) is 0. The maximum absolute atomic E-state index is 12.2. The van der Waals surface area contributed by atoms with E-state index in [4.69, 9.17) is 0 Å². The van der Waals surface area contributed by atoms with Crippen molar-refractivity contribution in [3.8, 4) is 5.75 Å². The van der Waals surface area contributed by atoms with Crippen LogP contribution in [0.5, 0.6) is 5.75 Å². The van der Waals surface area contributed by atoms with Crippen LogP contribution in [0.25, 0.3) is 0 Å². The molecule has 0 aliphatic carbocycles. The quantitative estimate of drug-likeness (QED) is 0.934. The molecule has 1 aromatic heterocycles. The van der Waals surface area contributed by atoms with Crippen LogP contribution in [0.2, 0.25) is 0 Å². The molecule has 0 aliphatic rings. The molecule has 0 radical (unpaired) electrons. The lowest BCUT2D eigenvalue weighted by Gasteiger charge is -2.17. The van der Waals surface area contributed by atoms with Crippen LogP contribution in [0.3, 0.4) is 0 Å². The van der Waals surface area contributed by atoms with Crippen molar-refractivity contribution in [3.63, 3.8) is 0 Å². The minimum atomic E-state index is -4.70. The largest absolute Gasteiger partial charge is 0.573 e. The second kappa shape index (κ2) is 5.92. The molecule has 0 saturated heterocycles. The van der Waals surface area contributed by atoms with Crippen LogP contribution in [0.4, 0.5) is 13.2 Å². The Morgan fingerprint density at radius 1 is 1.15 bits per heavy atom. The molecular weight excluding hydrogens is 269 g/mol. The Balaban J connectivity index is 2.29. The molecule has 1 aromatic carbocycles. The molecule has 6 heteroatoms. The van der Waals surface area contributed by atoms with E-state index in [9.17, 15) is 13.2 Å². The van der Waals surface area contributed by atoms with Crippen molar-refractivity contribution in [1.29, 1.82) is 0 Å². The van der Waals surface area contributed by atoms with E-state index >= 15 is 0 Å². The van der Waals surface area contributed by atoms with Crippen molar-refractivity contribution >= 4 is 0 Å². The molecule has 106 valence electrons. The molecule has 1 heterocycles. The molecule has 3 nitrogen and oxygen atoms in total. The fourth-order valence-corrected chi connectivity index (χ4v) is 1.92. The molecule has 0 amide bonds. The Morgan fingerprint density at radius 2 is 1.95 bits per heavy atom. The van der Waals surface area contributed by atoms with Crippen LogP contribution in [0.15, 0.2) is 48.7 Å². The Bertz CT molecular complexity index is 558. The fraction of sp³-hybridized carbons (Fsp3) is 0.214. The highest BCUT2D eigenvalue weighted by Crippen LogP contribution is 2.27. The number of rotatable bonds is 4. The third kappa shape index (κ3) is 3.71. The minimum absolute atomic E-state index is 0.244. The van der Waals surface area contributed by atoms with Gasteiger partial charge in [-0.2, -0.15) is 0 Å². The lowest BCUT2D eigenvalue weighted by Crippen LogP contribution is -2.20. The lowest BCUT2D eigenvalue weighted by atomic mass is 10.0. The highest BCUT2D eigenvalue weighted by Gasteiger charge is 2.31. The fourth-order valence-electron chi connectivity index (χ4n) is 1.92. The van der Waals surface area contributed by atoms with Gasteiger partial charge in [0.05, 0.1) is 11.7 Å². The normalized spacial score (nSPS) is 13.0. The number of ether oxygens (including phenoxy) is 1. The van der Waals surface area contributed by atoms with Gasteiger partial charge in [0.15, 0.2) is 0 Å². The first-order valence-corrected chi connectivity index (χ1v) is 5.93. The van der Waals surface area contributed by atoms with Crippen molar-refractivity contribution in [1.82, 2.24) is 10.3 Å². The van der Waals surface area contributed by atoms with Gasteiger partial charge in [0, 0.05) is 6.20 Å². The molecule has 2 aromatic rings. The molecule has 20 heavy (non-hydrogen) atoms. The van der Waals surface area contributed by atoms with E-state index in [1.165, 1.54) is 18.2 Å². The van der Waals surface area contributed by atoms with E-state index in [-0.39, 0.29) is 11.8 Å². The van der Waals surface area contributed by atoms with E-state index in [0.29, 0.717) is 5.56 Å². The summed E-state index contributed by atoms with van der Waals surface area (Å²) < 4.78 is 40.6. The van der Waals surface area contributed by atoms with Gasteiger partial charge in [-0.25, -0.2) is 0 Å². The number of halogens is 3. The van der Waals surface area contributed by atoms with Gasteiger partial charge in [0.1, 0.15) is 5.75 Å². The van der Waals surface area contributed by atoms with Gasteiger partial charge in [0.25, 0.3) is 0 Å². The second-order valence-electron chi connectivity index (χ2n) is 4.10. The molecule has 0 aliphatic heterocycles. The number of nitrogens with one attached hydrogen (secondary N) is 1. The first kappa shape index (κ1) is 14.3. The number of pyridine rings is 1. The van der Waals surface area contributed by atoms with Crippen LogP contribution in [0.1, 0.15) is 17.3 Å². The van der Waals surface area contributed by atoms with Crippen molar-refractivity contribution < 1.29 is 17.9 Å². The van der Waals surface area contributed by atoms with Gasteiger partial charge in [-0.05, 0) is 36.9 Å². The summed E-state index contributed by atoms with van der Waals surface area (Å²) in [5.74, 6) is -0.244. The van der Waals surface area contributed by atoms with Crippen LogP contribution in [-0.4, -0.2) is 18.4 Å². The first-order chi connectivity index (χ1) is 9.49. The zero-order valence-corrected chi connectivity index (χ0v) is 10.7. The van der Waals surface area contributed by atoms with Crippen molar-refractivity contribution in [2.45, 2.75) is 12.4 Å². The number of alkyl halides is 3. The molecule has 0 saturated carbocycles. The smallest absolute Gasteiger partial charge is 0.406 e. The molecule has 0 bridgehead atoms. The zero-order valence-electron chi connectivity index (χ0n) is 10.7. The highest BCUT2D eigenvalue weighted by atomic mass is 19.4. The standard InChI is InChI=1S/C14H13F3N2O/c1-18-13(12-7-2-3-8-19-12)10-5-4-6-11(9-10)20-14(15,16)17/h2-9,13,18H,1H3. The van der Waals surface area contributed by atoms with Crippen molar-refractivity contribution in [2.24, 2.45) is 0 Å². The molecular formula is C14H13F3N2O. The summed E-state index contributed by atoms with van der Waals surface area (Å²) >= 11 is 0. The molecule has 1 N–H and O–H groups in total. The Hall–Kier alpha value is -2.08. The van der Waals surface area contributed by atoms with Gasteiger partial charge >= 0.3 is 6.36 Å². The predicted octanol–water partition coefficient (Wildman–Crippen LogP) is 3.29. The van der Waals surface area contributed by atoms with Gasteiger partial charge in [-0.15, -0.1) is 13.2 Å². The van der Waals surface area contributed by atoms with E-state index in [2.05, 4.69) is 15.0 Å². The van der Waals surface area contributed by atoms with E-state index in [1.807, 2.05) is 6.07 Å². The monoisotopic (exact) mass is 282 g/mol. The molecule has 2 rings (SSSR count). The topological polar surface area (TPSA) is 34.1 Å². The summed E-state index contributed by atoms with van der Waals surface area (Å²) in [5, 5.41) is 3.03. The van der Waals surface area contributed by atoms with Crippen molar-refractivity contribution in [2.75, 3.05) is 7.05 Å². The number of nitrogens with zero attached hydrogens (tertiary/aromatic N) is 1. The summed E-state index contributed by atoms with van der Waals surface area (Å²) in [6.07, 6.45) is -3.06. The SMILES string of the molecule is CNC(c1cccc(OC(F)(F)F)c1)c1ccccn1. The number of aromatic nitrogens is 1. The Morgan fingerprint density at radius 3 is 2.55 bits per heavy atom. The minimum Gasteiger partial charge on any atom is -0.406 e. The van der Waals surface area contributed by atoms with Gasteiger partial charge < -0.3 is 10.1 Å². The summed E-state index contributed by atoms with van der Waals surface area (Å²) in [6, 6.07) is 11.0. The lowest BCUT2D eigenvalue weighted by molar-refractivity contribution is -0.274. The van der Waals surface area contributed by atoms with Crippen LogP contribution in [-0.2, 0) is 0 Å². The highest BCUT2D eigenvalue weighted by molar-refractivity contribution is 5.34. The van der Waals surface area contributed by atoms with Crippen LogP contribution >= 0.6 is 0 Å². The first-order valence-electron chi connectivity index (χ1n) is 5.93. The van der Waals surface area contributed by atoms with Gasteiger partial charge in [-0.3, -0.25) is 4.98 Å². The second-order valence-corrected chi connectivity index (χ2v) is 4.10. The predicted molar refractivity (Wildman–Crippen MR) is 68.3 cm³/mol. The summed E-state index contributed by atoms with van der Waals surface area (Å²) in [4.78, 5) is 4.21. The summed E-state index contributed by atoms with van der Waals surface area (Å²) in [7, 11) is 1.72. The van der Waals surface area contributed by atoms with E-state index in [1.54, 1.807) is 31.4 Å². The molecule has 1 unspecified atom stereocenters. The average Bonchev–Trinajstić information content (AvgIpc) is 2.39.